The molecule has 0 N–H and O–H groups in total. The number of hydrogen-bond acceptors (Lipinski definition) is 5. The minimum absolute atomic E-state index is 0.560. The van der Waals surface area contributed by atoms with Crippen LogP contribution in [0.1, 0.15) is 0 Å². The number of benzene rings is 9. The second-order valence-electron chi connectivity index (χ2n) is 22.0. The van der Waals surface area contributed by atoms with E-state index in [1.54, 1.807) is 0 Å². The monoisotopic (exact) mass is 1120 g/mol. The average Bonchev–Trinajstić information content (AvgIpc) is 2.34. The predicted octanol–water partition coefficient (Wildman–Crippen LogP) is 20.4. The summed E-state index contributed by atoms with van der Waals surface area (Å²) in [6, 6.07) is 95.1. The number of fused-ring (bicyclic) bond motifs is 6. The van der Waals surface area contributed by atoms with E-state index in [1.807, 2.05) is 116 Å². The summed E-state index contributed by atoms with van der Waals surface area (Å²) < 4.78 is 4.67. The lowest BCUT2D eigenvalue weighted by Gasteiger charge is -2.17. The van der Waals surface area contributed by atoms with Crippen molar-refractivity contribution >= 4 is 49.3 Å². The third-order valence-electron chi connectivity index (χ3n) is 16.8. The highest BCUT2D eigenvalue weighted by Gasteiger charge is 2.22. The quantitative estimate of drug-likeness (QED) is 0.121. The van der Waals surface area contributed by atoms with E-state index in [9.17, 15) is 0 Å². The molecule has 0 radical (unpaired) electrons. The molecule has 16 aromatic rings. The Bertz CT molecular complexity index is 5030. The molecular weight excluding hydrogens is 1070 g/mol. The summed E-state index contributed by atoms with van der Waals surface area (Å²) in [7, 11) is 0. The van der Waals surface area contributed by atoms with E-state index in [4.69, 9.17) is 31.5 Å². The van der Waals surface area contributed by atoms with Crippen molar-refractivity contribution < 1.29 is 0 Å². The molecule has 0 unspecified atom stereocenters. The van der Waals surface area contributed by atoms with Gasteiger partial charge in [0.1, 0.15) is 5.82 Å². The van der Waals surface area contributed by atoms with Crippen LogP contribution in [-0.2, 0) is 0 Å². The van der Waals surface area contributed by atoms with Gasteiger partial charge in [-0.1, -0.05) is 218 Å². The van der Waals surface area contributed by atoms with Gasteiger partial charge in [-0.15, -0.1) is 0 Å². The van der Waals surface area contributed by atoms with Gasteiger partial charge in [0.25, 0.3) is 0 Å². The minimum atomic E-state index is 0.560. The fourth-order valence-corrected chi connectivity index (χ4v) is 12.3. The average molecular weight is 1120 g/mol. The van der Waals surface area contributed by atoms with Crippen LogP contribution in [0.15, 0.2) is 304 Å². The molecule has 0 saturated carbocycles. The standard InChI is InChI=1S/C80H50N8/c1-81-65-32-22-52(23-33-65)70-46-80(88-77-44-59(63-30-40-73(84-49-63)55-18-10-4-11-19-55)26-36-68(77)69-37-27-60(45-78(69)88)64-31-41-74(85-50-64)56-20-12-5-13-21-56)86-51-79(70)87-75-42-57(61-28-38-71(82-47-61)53-14-6-2-7-15-53)24-34-66(75)67-35-25-58(43-76(67)87)62-29-39-72(83-48-62)54-16-8-3-9-17-54/h2-51H. The lowest BCUT2D eigenvalue weighted by atomic mass is 10.0. The Labute approximate surface area is 508 Å². The van der Waals surface area contributed by atoms with Crippen molar-refractivity contribution in [3.05, 3.63) is 315 Å². The Hall–Kier alpha value is -12.2. The molecule has 0 spiro atoms. The zero-order valence-electron chi connectivity index (χ0n) is 47.4. The number of nitrogens with zero attached hydrogens (tertiary/aromatic N) is 8. The van der Waals surface area contributed by atoms with Gasteiger partial charge in [-0.3, -0.25) is 24.5 Å². The van der Waals surface area contributed by atoms with Crippen molar-refractivity contribution in [2.24, 2.45) is 0 Å². The summed E-state index contributed by atoms with van der Waals surface area (Å²) in [4.78, 5) is 29.3. The molecular formula is C80H50N8. The maximum absolute atomic E-state index is 7.98. The third kappa shape index (κ3) is 9.33. The first-order valence-electron chi connectivity index (χ1n) is 29.3. The van der Waals surface area contributed by atoms with Crippen molar-refractivity contribution in [3.63, 3.8) is 0 Å². The summed E-state index contributed by atoms with van der Waals surface area (Å²) in [5.41, 5.74) is 23.4. The molecule has 8 heteroatoms. The van der Waals surface area contributed by atoms with E-state index in [2.05, 4.69) is 202 Å². The van der Waals surface area contributed by atoms with Crippen LogP contribution < -0.4 is 0 Å². The Morgan fingerprint density at radius 2 is 0.557 bits per heavy atom. The van der Waals surface area contributed by atoms with Crippen LogP contribution in [-0.4, -0.2) is 34.1 Å². The number of hydrogen-bond donors (Lipinski definition) is 0. The molecule has 0 aliphatic rings. The normalized spacial score (nSPS) is 11.4. The first-order chi connectivity index (χ1) is 43.5. The van der Waals surface area contributed by atoms with Gasteiger partial charge in [-0.2, -0.15) is 0 Å². The Morgan fingerprint density at radius 3 is 0.864 bits per heavy atom. The second-order valence-corrected chi connectivity index (χ2v) is 22.0. The molecule has 0 aliphatic heterocycles. The molecule has 410 valence electrons. The van der Waals surface area contributed by atoms with Crippen LogP contribution in [0.5, 0.6) is 0 Å². The first kappa shape index (κ1) is 51.5. The van der Waals surface area contributed by atoms with E-state index < -0.39 is 0 Å². The summed E-state index contributed by atoms with van der Waals surface area (Å²) >= 11 is 0. The fourth-order valence-electron chi connectivity index (χ4n) is 12.3. The molecule has 88 heavy (non-hydrogen) atoms. The largest absolute Gasteiger partial charge is 0.307 e. The first-order valence-corrected chi connectivity index (χ1v) is 29.3. The summed E-state index contributed by atoms with van der Waals surface area (Å²) in [5.74, 6) is 0.730. The zero-order valence-corrected chi connectivity index (χ0v) is 47.4. The zero-order chi connectivity index (χ0) is 58.5. The molecule has 9 aromatic carbocycles. The smallest absolute Gasteiger partial charge is 0.187 e. The minimum Gasteiger partial charge on any atom is -0.307 e. The number of aromatic nitrogens is 7. The van der Waals surface area contributed by atoms with Gasteiger partial charge in [0.15, 0.2) is 5.69 Å². The maximum atomic E-state index is 7.98. The van der Waals surface area contributed by atoms with Crippen LogP contribution in [0.3, 0.4) is 0 Å². The number of pyridine rings is 5. The highest BCUT2D eigenvalue weighted by Crippen LogP contribution is 2.43. The van der Waals surface area contributed by atoms with Crippen LogP contribution in [0.25, 0.3) is 161 Å². The van der Waals surface area contributed by atoms with Crippen molar-refractivity contribution in [3.8, 4) is 112 Å². The maximum Gasteiger partial charge on any atom is 0.187 e. The second kappa shape index (κ2) is 21.8. The van der Waals surface area contributed by atoms with Crippen LogP contribution in [0.4, 0.5) is 5.69 Å². The van der Waals surface area contributed by atoms with E-state index in [0.29, 0.717) is 5.69 Å². The molecule has 0 fully saturated rings. The third-order valence-corrected chi connectivity index (χ3v) is 16.8. The molecule has 8 nitrogen and oxygen atoms in total. The van der Waals surface area contributed by atoms with Crippen LogP contribution in [0.2, 0.25) is 0 Å². The van der Waals surface area contributed by atoms with Crippen LogP contribution >= 0.6 is 0 Å². The summed E-state index contributed by atoms with van der Waals surface area (Å²) in [6.45, 7) is 7.98. The van der Waals surface area contributed by atoms with Gasteiger partial charge in [-0.05, 0) is 82.4 Å². The SMILES string of the molecule is [C-]#[N+]c1ccc(-c2cc(-n3c4cc(-c5ccc(-c6ccccc6)nc5)ccc4c4ccc(-c5ccc(-c6ccccc6)nc5)cc43)ncc2-n2c3cc(-c4ccc(-c5ccccc5)nc4)ccc3c3ccc(-c4ccc(-c5ccccc5)nc4)cc32)cc1. The predicted molar refractivity (Wildman–Crippen MR) is 359 cm³/mol. The van der Waals surface area contributed by atoms with Crippen molar-refractivity contribution in [2.75, 3.05) is 0 Å². The van der Waals surface area contributed by atoms with E-state index >= 15 is 0 Å². The molecule has 0 aliphatic carbocycles. The van der Waals surface area contributed by atoms with Crippen molar-refractivity contribution in [1.82, 2.24) is 34.1 Å². The summed E-state index contributed by atoms with van der Waals surface area (Å²) in [5, 5.41) is 4.36. The molecule has 7 heterocycles. The molecule has 16 rings (SSSR count). The topological polar surface area (TPSA) is 78.7 Å². The van der Waals surface area contributed by atoms with Gasteiger partial charge in [0.05, 0.1) is 63.3 Å². The van der Waals surface area contributed by atoms with Gasteiger partial charge in [-0.25, -0.2) is 9.83 Å². The highest BCUT2D eigenvalue weighted by atomic mass is 15.1. The Kier molecular flexibility index (Phi) is 12.7. The van der Waals surface area contributed by atoms with Gasteiger partial charge >= 0.3 is 0 Å². The Balaban J connectivity index is 0.912. The van der Waals surface area contributed by atoms with Gasteiger partial charge < -0.3 is 4.57 Å². The van der Waals surface area contributed by atoms with Crippen molar-refractivity contribution in [1.29, 1.82) is 0 Å². The van der Waals surface area contributed by atoms with E-state index in [0.717, 1.165) is 156 Å². The molecule has 7 aromatic heterocycles. The lowest BCUT2D eigenvalue weighted by molar-refractivity contribution is 1.06. The molecule has 0 bridgehead atoms. The van der Waals surface area contributed by atoms with Crippen LogP contribution in [0, 0.1) is 6.57 Å². The van der Waals surface area contributed by atoms with Gasteiger partial charge in [0, 0.05) is 96.4 Å². The lowest BCUT2D eigenvalue weighted by Crippen LogP contribution is -2.03. The highest BCUT2D eigenvalue weighted by molar-refractivity contribution is 6.13. The number of rotatable bonds is 11. The molecule has 0 amide bonds. The van der Waals surface area contributed by atoms with Crippen molar-refractivity contribution in [2.45, 2.75) is 0 Å². The van der Waals surface area contributed by atoms with E-state index in [-0.39, 0.29) is 0 Å². The fraction of sp³-hybridized carbons (Fsp3) is 0. The van der Waals surface area contributed by atoms with Gasteiger partial charge in [0.2, 0.25) is 0 Å². The molecule has 0 saturated heterocycles. The Morgan fingerprint density at radius 1 is 0.250 bits per heavy atom. The van der Waals surface area contributed by atoms with E-state index in [1.165, 1.54) is 0 Å². The summed E-state index contributed by atoms with van der Waals surface area (Å²) in [6.07, 6.45) is 9.90. The molecule has 0 atom stereocenters.